The molecule has 2 rings (SSSR count). The summed E-state index contributed by atoms with van der Waals surface area (Å²) in [6.45, 7) is 5.50. The standard InChI is InChI=1S/C16H21NO4S/c1-12-4-7-14(8-5-12)22(20,21)17-11-16(2,3)10-13(18)6-9-15(17)19/h4-5,7-8H,6,9-11H2,1-3H3. The fourth-order valence-corrected chi connectivity index (χ4v) is 4.20. The number of nitrogens with zero attached hydrogens (tertiary/aromatic N) is 1. The Bertz CT molecular complexity index is 689. The van der Waals surface area contributed by atoms with E-state index in [0.717, 1.165) is 9.87 Å². The van der Waals surface area contributed by atoms with Crippen LogP contribution >= 0.6 is 0 Å². The molecule has 120 valence electrons. The van der Waals surface area contributed by atoms with Gasteiger partial charge in [0.15, 0.2) is 0 Å². The van der Waals surface area contributed by atoms with Crippen molar-refractivity contribution < 1.29 is 18.0 Å². The van der Waals surface area contributed by atoms with E-state index in [9.17, 15) is 18.0 Å². The van der Waals surface area contributed by atoms with Crippen molar-refractivity contribution in [1.29, 1.82) is 0 Å². The first-order valence-electron chi connectivity index (χ1n) is 7.26. The normalized spacial score (nSPS) is 19.7. The molecule has 0 radical (unpaired) electrons. The molecule has 0 spiro atoms. The van der Waals surface area contributed by atoms with Crippen LogP contribution in [0.25, 0.3) is 0 Å². The summed E-state index contributed by atoms with van der Waals surface area (Å²) in [5.74, 6) is -0.507. The second kappa shape index (κ2) is 5.83. The average Bonchev–Trinajstić information content (AvgIpc) is 2.41. The molecule has 1 saturated heterocycles. The number of rotatable bonds is 2. The molecule has 1 aliphatic rings. The maximum Gasteiger partial charge on any atom is 0.266 e. The van der Waals surface area contributed by atoms with Crippen molar-refractivity contribution in [2.24, 2.45) is 5.41 Å². The monoisotopic (exact) mass is 323 g/mol. The van der Waals surface area contributed by atoms with Crippen LogP contribution < -0.4 is 0 Å². The van der Waals surface area contributed by atoms with Gasteiger partial charge in [0.25, 0.3) is 10.0 Å². The molecule has 0 aliphatic carbocycles. The second-order valence-corrected chi connectivity index (χ2v) is 8.46. The summed E-state index contributed by atoms with van der Waals surface area (Å²) in [5.41, 5.74) is 0.383. The smallest absolute Gasteiger partial charge is 0.266 e. The molecule has 6 heteroatoms. The molecule has 22 heavy (non-hydrogen) atoms. The Hall–Kier alpha value is -1.69. The SMILES string of the molecule is Cc1ccc(S(=O)(=O)N2CC(C)(C)CC(=O)CCC2=O)cc1. The van der Waals surface area contributed by atoms with Gasteiger partial charge in [0.1, 0.15) is 5.78 Å². The van der Waals surface area contributed by atoms with Crippen molar-refractivity contribution in [2.45, 2.75) is 44.9 Å². The van der Waals surface area contributed by atoms with Crippen LogP contribution in [0.1, 0.15) is 38.7 Å². The third-order valence-electron chi connectivity index (χ3n) is 3.75. The number of Topliss-reactive ketones (excluding diaryl/α,β-unsaturated/α-hetero) is 1. The van der Waals surface area contributed by atoms with Crippen LogP contribution in [-0.4, -0.2) is 31.0 Å². The first kappa shape index (κ1) is 16.7. The average molecular weight is 323 g/mol. The van der Waals surface area contributed by atoms with E-state index in [2.05, 4.69) is 0 Å². The lowest BCUT2D eigenvalue weighted by molar-refractivity contribution is -0.133. The molecule has 0 bridgehead atoms. The van der Waals surface area contributed by atoms with Crippen LogP contribution in [0, 0.1) is 12.3 Å². The van der Waals surface area contributed by atoms with Crippen molar-refractivity contribution >= 4 is 21.7 Å². The van der Waals surface area contributed by atoms with E-state index >= 15 is 0 Å². The predicted octanol–water partition coefficient (Wildman–Crippen LogP) is 2.29. The maximum absolute atomic E-state index is 12.8. The minimum atomic E-state index is -3.88. The van der Waals surface area contributed by atoms with Crippen LogP contribution in [0.3, 0.4) is 0 Å². The molecule has 1 fully saturated rings. The molecule has 1 aromatic rings. The van der Waals surface area contributed by atoms with Gasteiger partial charge in [0, 0.05) is 25.8 Å². The Morgan fingerprint density at radius 3 is 2.23 bits per heavy atom. The van der Waals surface area contributed by atoms with Crippen LogP contribution in [0.15, 0.2) is 29.2 Å². The number of carbonyl (C=O) groups is 2. The van der Waals surface area contributed by atoms with Gasteiger partial charge in [-0.25, -0.2) is 12.7 Å². The zero-order valence-corrected chi connectivity index (χ0v) is 13.9. The summed E-state index contributed by atoms with van der Waals surface area (Å²) in [7, 11) is -3.88. The van der Waals surface area contributed by atoms with E-state index in [0.29, 0.717) is 0 Å². The number of ketones is 1. The first-order chi connectivity index (χ1) is 10.1. The molecule has 0 aromatic heterocycles. The lowest BCUT2D eigenvalue weighted by Gasteiger charge is -2.33. The second-order valence-electron chi connectivity index (χ2n) is 6.60. The molecular formula is C16H21NO4S. The Balaban J connectivity index is 2.40. The summed E-state index contributed by atoms with van der Waals surface area (Å²) in [6, 6.07) is 6.43. The third-order valence-corrected chi connectivity index (χ3v) is 5.53. The van der Waals surface area contributed by atoms with Gasteiger partial charge in [-0.3, -0.25) is 9.59 Å². The molecule has 1 heterocycles. The van der Waals surface area contributed by atoms with Crippen LogP contribution in [-0.2, 0) is 19.6 Å². The van der Waals surface area contributed by atoms with Crippen molar-refractivity contribution in [2.75, 3.05) is 6.54 Å². The van der Waals surface area contributed by atoms with Crippen molar-refractivity contribution in [1.82, 2.24) is 4.31 Å². The highest BCUT2D eigenvalue weighted by atomic mass is 32.2. The number of aryl methyl sites for hydroxylation is 1. The molecule has 1 amide bonds. The summed E-state index contributed by atoms with van der Waals surface area (Å²) >= 11 is 0. The zero-order chi connectivity index (χ0) is 16.5. The molecule has 0 N–H and O–H groups in total. The fraction of sp³-hybridized carbons (Fsp3) is 0.500. The van der Waals surface area contributed by atoms with E-state index < -0.39 is 21.3 Å². The van der Waals surface area contributed by atoms with Crippen LogP contribution in [0.4, 0.5) is 0 Å². The number of amides is 1. The highest BCUT2D eigenvalue weighted by molar-refractivity contribution is 7.89. The summed E-state index contributed by atoms with van der Waals surface area (Å²) in [6.07, 6.45) is 0.322. The summed E-state index contributed by atoms with van der Waals surface area (Å²) in [4.78, 5) is 24.1. The van der Waals surface area contributed by atoms with Gasteiger partial charge in [-0.15, -0.1) is 0 Å². The lowest BCUT2D eigenvalue weighted by atomic mass is 9.85. The topological polar surface area (TPSA) is 71.5 Å². The highest BCUT2D eigenvalue weighted by Crippen LogP contribution is 2.29. The van der Waals surface area contributed by atoms with Gasteiger partial charge in [-0.1, -0.05) is 31.5 Å². The molecule has 5 nitrogen and oxygen atoms in total. The number of sulfonamides is 1. The van der Waals surface area contributed by atoms with Gasteiger partial charge in [0.05, 0.1) is 4.90 Å². The Morgan fingerprint density at radius 1 is 1.05 bits per heavy atom. The molecule has 0 atom stereocenters. The molecule has 0 saturated carbocycles. The fourth-order valence-electron chi connectivity index (χ4n) is 2.58. The van der Waals surface area contributed by atoms with Gasteiger partial charge >= 0.3 is 0 Å². The predicted molar refractivity (Wildman–Crippen MR) is 82.7 cm³/mol. The summed E-state index contributed by atoms with van der Waals surface area (Å²) < 4.78 is 26.5. The molecule has 0 unspecified atom stereocenters. The van der Waals surface area contributed by atoms with Crippen molar-refractivity contribution in [3.63, 3.8) is 0 Å². The van der Waals surface area contributed by atoms with Crippen LogP contribution in [0.5, 0.6) is 0 Å². The first-order valence-corrected chi connectivity index (χ1v) is 8.70. The van der Waals surface area contributed by atoms with Gasteiger partial charge in [-0.2, -0.15) is 0 Å². The molecule has 1 aromatic carbocycles. The summed E-state index contributed by atoms with van der Waals surface area (Å²) in [5, 5.41) is 0. The minimum absolute atomic E-state index is 0.00531. The van der Waals surface area contributed by atoms with E-state index in [4.69, 9.17) is 0 Å². The van der Waals surface area contributed by atoms with E-state index in [1.54, 1.807) is 26.0 Å². The Morgan fingerprint density at radius 2 is 1.64 bits per heavy atom. The highest BCUT2D eigenvalue weighted by Gasteiger charge is 2.37. The third kappa shape index (κ3) is 3.55. The molecular weight excluding hydrogens is 302 g/mol. The van der Waals surface area contributed by atoms with Crippen LogP contribution in [0.2, 0.25) is 0 Å². The largest absolute Gasteiger partial charge is 0.300 e. The Kier molecular flexibility index (Phi) is 4.42. The van der Waals surface area contributed by atoms with Crippen molar-refractivity contribution in [3.8, 4) is 0 Å². The van der Waals surface area contributed by atoms with Crippen molar-refractivity contribution in [3.05, 3.63) is 29.8 Å². The molecule has 1 aliphatic heterocycles. The number of hydrogen-bond donors (Lipinski definition) is 0. The number of benzene rings is 1. The Labute approximate surface area is 131 Å². The minimum Gasteiger partial charge on any atom is -0.300 e. The quantitative estimate of drug-likeness (QED) is 0.837. The van der Waals surface area contributed by atoms with Gasteiger partial charge < -0.3 is 0 Å². The van der Waals surface area contributed by atoms with E-state index in [1.807, 2.05) is 6.92 Å². The van der Waals surface area contributed by atoms with Gasteiger partial charge in [0.2, 0.25) is 5.91 Å². The zero-order valence-electron chi connectivity index (χ0n) is 13.1. The maximum atomic E-state index is 12.8. The van der Waals surface area contributed by atoms with E-state index in [1.165, 1.54) is 12.1 Å². The number of carbonyl (C=O) groups excluding carboxylic acids is 2. The van der Waals surface area contributed by atoms with E-state index in [-0.39, 0.29) is 36.5 Å². The van der Waals surface area contributed by atoms with Gasteiger partial charge in [-0.05, 0) is 24.5 Å². The number of hydrogen-bond acceptors (Lipinski definition) is 4. The lowest BCUT2D eigenvalue weighted by Crippen LogP contribution is -2.45.